The number of rotatable bonds is 6. The number of amides is 1. The number of carbonyl (C=O) groups is 1. The van der Waals surface area contributed by atoms with E-state index in [2.05, 4.69) is 46.2 Å². The first-order valence-electron chi connectivity index (χ1n) is 10.9. The predicted octanol–water partition coefficient (Wildman–Crippen LogP) is 4.22. The van der Waals surface area contributed by atoms with Gasteiger partial charge in [-0.05, 0) is 45.3 Å². The van der Waals surface area contributed by atoms with Gasteiger partial charge in [0.2, 0.25) is 17.6 Å². The average Bonchev–Trinajstić information content (AvgIpc) is 3.23. The molecule has 2 aromatic carbocycles. The van der Waals surface area contributed by atoms with E-state index < -0.39 is 0 Å². The maximum absolute atomic E-state index is 12.9. The van der Waals surface area contributed by atoms with Crippen LogP contribution in [0.3, 0.4) is 0 Å². The van der Waals surface area contributed by atoms with Crippen molar-refractivity contribution in [2.45, 2.75) is 39.8 Å². The highest BCUT2D eigenvalue weighted by Gasteiger charge is 2.28. The molecule has 0 aliphatic carbocycles. The fourth-order valence-corrected chi connectivity index (χ4v) is 4.14. The minimum Gasteiger partial charge on any atom is -0.337 e. The van der Waals surface area contributed by atoms with E-state index in [1.807, 2.05) is 38.2 Å². The van der Waals surface area contributed by atoms with Crippen LogP contribution < -0.4 is 0 Å². The van der Waals surface area contributed by atoms with Crippen LogP contribution in [-0.4, -0.2) is 46.0 Å². The Morgan fingerprint density at radius 1 is 1.10 bits per heavy atom. The van der Waals surface area contributed by atoms with Crippen LogP contribution in [-0.2, 0) is 17.9 Å². The van der Waals surface area contributed by atoms with Crippen LogP contribution in [0.2, 0.25) is 0 Å². The van der Waals surface area contributed by atoms with Gasteiger partial charge in [0, 0.05) is 25.1 Å². The molecule has 31 heavy (non-hydrogen) atoms. The molecule has 1 aliphatic rings. The van der Waals surface area contributed by atoms with Crippen LogP contribution in [0.1, 0.15) is 35.4 Å². The lowest BCUT2D eigenvalue weighted by atomic mass is 9.95. The number of hydrogen-bond donors (Lipinski definition) is 0. The topological polar surface area (TPSA) is 62.5 Å². The van der Waals surface area contributed by atoms with Gasteiger partial charge in [-0.2, -0.15) is 4.98 Å². The molecule has 0 saturated carbocycles. The van der Waals surface area contributed by atoms with Gasteiger partial charge in [-0.15, -0.1) is 0 Å². The highest BCUT2D eigenvalue weighted by molar-refractivity contribution is 5.78. The summed E-state index contributed by atoms with van der Waals surface area (Å²) < 4.78 is 5.39. The third-order valence-electron chi connectivity index (χ3n) is 5.95. The fourth-order valence-electron chi connectivity index (χ4n) is 4.14. The molecule has 0 N–H and O–H groups in total. The van der Waals surface area contributed by atoms with Crippen molar-refractivity contribution in [1.29, 1.82) is 0 Å². The Kier molecular flexibility index (Phi) is 6.47. The van der Waals surface area contributed by atoms with Gasteiger partial charge in [-0.3, -0.25) is 9.69 Å². The number of aromatic nitrogens is 2. The van der Waals surface area contributed by atoms with Gasteiger partial charge in [0.15, 0.2) is 0 Å². The Labute approximate surface area is 183 Å². The molecule has 1 fully saturated rings. The molecular weight excluding hydrogens is 388 g/mol. The minimum atomic E-state index is 0.0539. The van der Waals surface area contributed by atoms with Crippen molar-refractivity contribution in [1.82, 2.24) is 19.9 Å². The third-order valence-corrected chi connectivity index (χ3v) is 5.95. The van der Waals surface area contributed by atoms with Crippen molar-refractivity contribution in [3.8, 4) is 11.4 Å². The van der Waals surface area contributed by atoms with Gasteiger partial charge < -0.3 is 9.42 Å². The lowest BCUT2D eigenvalue weighted by Crippen LogP contribution is -2.40. The molecule has 2 heterocycles. The standard InChI is InChI=1S/C25H30N4O2/c1-18-7-9-21(10-8-18)24-26-23(31-27-24)17-28(3)25(30)22-11-13-29(14-12-22)16-20-6-4-5-19(2)15-20/h4-10,15,22H,11-14,16-17H2,1-3H3. The third kappa shape index (κ3) is 5.39. The highest BCUT2D eigenvalue weighted by Crippen LogP contribution is 2.22. The maximum atomic E-state index is 12.9. The summed E-state index contributed by atoms with van der Waals surface area (Å²) in [5.74, 6) is 1.23. The van der Waals surface area contributed by atoms with Crippen molar-refractivity contribution in [2.24, 2.45) is 5.92 Å². The Morgan fingerprint density at radius 2 is 1.84 bits per heavy atom. The van der Waals surface area contributed by atoms with Crippen molar-refractivity contribution >= 4 is 5.91 Å². The smallest absolute Gasteiger partial charge is 0.246 e. The second kappa shape index (κ2) is 9.43. The zero-order valence-corrected chi connectivity index (χ0v) is 18.5. The van der Waals surface area contributed by atoms with E-state index in [1.165, 1.54) is 16.7 Å². The first-order valence-corrected chi connectivity index (χ1v) is 10.9. The molecule has 0 unspecified atom stereocenters. The van der Waals surface area contributed by atoms with Crippen LogP contribution in [0.4, 0.5) is 0 Å². The van der Waals surface area contributed by atoms with E-state index in [-0.39, 0.29) is 11.8 Å². The molecule has 1 amide bonds. The largest absolute Gasteiger partial charge is 0.337 e. The second-order valence-corrected chi connectivity index (χ2v) is 8.61. The molecule has 1 aliphatic heterocycles. The molecule has 1 saturated heterocycles. The van der Waals surface area contributed by atoms with Gasteiger partial charge in [-0.1, -0.05) is 64.8 Å². The molecule has 0 bridgehead atoms. The van der Waals surface area contributed by atoms with Crippen molar-refractivity contribution in [3.63, 3.8) is 0 Å². The first kappa shape index (κ1) is 21.2. The summed E-state index contributed by atoms with van der Waals surface area (Å²) in [6.45, 7) is 7.33. The summed E-state index contributed by atoms with van der Waals surface area (Å²) in [5, 5.41) is 4.07. The summed E-state index contributed by atoms with van der Waals surface area (Å²) in [6.07, 6.45) is 1.76. The van der Waals surface area contributed by atoms with E-state index in [9.17, 15) is 4.79 Å². The van der Waals surface area contributed by atoms with E-state index >= 15 is 0 Å². The molecule has 1 aromatic heterocycles. The summed E-state index contributed by atoms with van der Waals surface area (Å²) in [7, 11) is 1.82. The molecule has 4 rings (SSSR count). The van der Waals surface area contributed by atoms with E-state index in [0.717, 1.165) is 38.0 Å². The van der Waals surface area contributed by atoms with Crippen molar-refractivity contribution in [2.75, 3.05) is 20.1 Å². The Balaban J connectivity index is 1.28. The van der Waals surface area contributed by atoms with Gasteiger partial charge in [0.1, 0.15) is 0 Å². The normalized spacial score (nSPS) is 15.2. The monoisotopic (exact) mass is 418 g/mol. The van der Waals surface area contributed by atoms with Crippen LogP contribution in [0.5, 0.6) is 0 Å². The van der Waals surface area contributed by atoms with E-state index in [1.54, 1.807) is 4.90 Å². The minimum absolute atomic E-state index is 0.0539. The Hall–Kier alpha value is -2.99. The number of hydrogen-bond acceptors (Lipinski definition) is 5. The summed E-state index contributed by atoms with van der Waals surface area (Å²) >= 11 is 0. The zero-order chi connectivity index (χ0) is 21.8. The molecule has 0 spiro atoms. The summed E-state index contributed by atoms with van der Waals surface area (Å²) in [4.78, 5) is 21.6. The Bertz CT molecular complexity index is 1020. The molecule has 6 heteroatoms. The van der Waals surface area contributed by atoms with Gasteiger partial charge >= 0.3 is 0 Å². The molecule has 0 atom stereocenters. The highest BCUT2D eigenvalue weighted by atomic mass is 16.5. The SMILES string of the molecule is Cc1ccc(-c2noc(CN(C)C(=O)C3CCN(Cc4cccc(C)c4)CC3)n2)cc1. The van der Waals surface area contributed by atoms with E-state index in [4.69, 9.17) is 4.52 Å². The molecule has 6 nitrogen and oxygen atoms in total. The van der Waals surface area contributed by atoms with Crippen LogP contribution in [0.15, 0.2) is 53.1 Å². The Morgan fingerprint density at radius 3 is 2.55 bits per heavy atom. The summed E-state index contributed by atoms with van der Waals surface area (Å²) in [5.41, 5.74) is 4.72. The lowest BCUT2D eigenvalue weighted by Gasteiger charge is -2.33. The van der Waals surface area contributed by atoms with Crippen LogP contribution in [0.25, 0.3) is 11.4 Å². The molecule has 3 aromatic rings. The number of aryl methyl sites for hydroxylation is 2. The van der Waals surface area contributed by atoms with Crippen molar-refractivity contribution < 1.29 is 9.32 Å². The molecular formula is C25H30N4O2. The van der Waals surface area contributed by atoms with Gasteiger partial charge in [0.25, 0.3) is 0 Å². The molecule has 162 valence electrons. The fraction of sp³-hybridized carbons (Fsp3) is 0.400. The zero-order valence-electron chi connectivity index (χ0n) is 18.5. The number of carbonyl (C=O) groups excluding carboxylic acids is 1. The number of likely N-dealkylation sites (tertiary alicyclic amines) is 1. The predicted molar refractivity (Wildman–Crippen MR) is 120 cm³/mol. The number of nitrogens with zero attached hydrogens (tertiary/aromatic N) is 4. The quantitative estimate of drug-likeness (QED) is 0.600. The van der Waals surface area contributed by atoms with Crippen LogP contribution >= 0.6 is 0 Å². The molecule has 0 radical (unpaired) electrons. The first-order chi connectivity index (χ1) is 15.0. The van der Waals surface area contributed by atoms with Crippen molar-refractivity contribution in [3.05, 3.63) is 71.1 Å². The van der Waals surface area contributed by atoms with Gasteiger partial charge in [0.05, 0.1) is 6.54 Å². The average molecular weight is 419 g/mol. The van der Waals surface area contributed by atoms with Gasteiger partial charge in [-0.25, -0.2) is 0 Å². The second-order valence-electron chi connectivity index (χ2n) is 8.61. The van der Waals surface area contributed by atoms with Crippen LogP contribution in [0, 0.1) is 19.8 Å². The lowest BCUT2D eigenvalue weighted by molar-refractivity contribution is -0.136. The van der Waals surface area contributed by atoms with E-state index in [0.29, 0.717) is 18.3 Å². The number of piperidine rings is 1. The summed E-state index contributed by atoms with van der Waals surface area (Å²) in [6, 6.07) is 16.6. The maximum Gasteiger partial charge on any atom is 0.246 e. The number of benzene rings is 2.